The quantitative estimate of drug-likeness (QED) is 0.648. The van der Waals surface area contributed by atoms with Gasteiger partial charge in [-0.15, -0.1) is 0 Å². The Bertz CT molecular complexity index is 1140. The molecule has 0 spiro atoms. The van der Waals surface area contributed by atoms with E-state index >= 15 is 0 Å². The van der Waals surface area contributed by atoms with Crippen LogP contribution in [0.3, 0.4) is 0 Å². The molecule has 0 atom stereocenters. The molecule has 1 aliphatic rings. The normalized spacial score (nSPS) is 14.5. The number of primary amides is 1. The summed E-state index contributed by atoms with van der Waals surface area (Å²) in [6.07, 6.45) is -4.70. The highest BCUT2D eigenvalue weighted by atomic mass is 19.4. The summed E-state index contributed by atoms with van der Waals surface area (Å²) < 4.78 is 39.8. The van der Waals surface area contributed by atoms with E-state index in [2.05, 4.69) is 9.97 Å². The second kappa shape index (κ2) is 8.37. The summed E-state index contributed by atoms with van der Waals surface area (Å²) in [5.74, 6) is -2.28. The molecule has 2 amide bonds. The minimum atomic E-state index is -4.70. The van der Waals surface area contributed by atoms with Crippen LogP contribution in [0.25, 0.3) is 11.3 Å². The predicted molar refractivity (Wildman–Crippen MR) is 112 cm³/mol. The van der Waals surface area contributed by atoms with Crippen LogP contribution in [0.5, 0.6) is 0 Å². The molecule has 3 N–H and O–H groups in total. The monoisotopic (exact) mass is 443 g/mol. The van der Waals surface area contributed by atoms with Gasteiger partial charge in [-0.25, -0.2) is 4.98 Å². The lowest BCUT2D eigenvalue weighted by Crippen LogP contribution is -2.49. The van der Waals surface area contributed by atoms with Gasteiger partial charge in [-0.1, -0.05) is 36.4 Å². The second-order valence-electron chi connectivity index (χ2n) is 7.37. The molecule has 4 rings (SSSR count). The molecule has 0 bridgehead atoms. The molecule has 0 aliphatic carbocycles. The van der Waals surface area contributed by atoms with E-state index in [1.165, 1.54) is 4.90 Å². The number of benzene rings is 2. The Hall–Kier alpha value is -3.82. The number of carbonyl (C=O) groups excluding carboxylic acids is 2. The zero-order valence-electron chi connectivity index (χ0n) is 16.9. The van der Waals surface area contributed by atoms with Gasteiger partial charge in [0.05, 0.1) is 0 Å². The lowest BCUT2D eigenvalue weighted by molar-refractivity contribution is -0.144. The van der Waals surface area contributed by atoms with E-state index in [0.29, 0.717) is 37.3 Å². The Balaban J connectivity index is 1.55. The van der Waals surface area contributed by atoms with Crippen LogP contribution >= 0.6 is 0 Å². The van der Waals surface area contributed by atoms with Gasteiger partial charge < -0.3 is 20.5 Å². The molecule has 166 valence electrons. The van der Waals surface area contributed by atoms with E-state index in [0.717, 1.165) is 5.69 Å². The predicted octanol–water partition coefficient (Wildman–Crippen LogP) is 3.16. The number of amides is 2. The average Bonchev–Trinajstić information content (AvgIpc) is 3.25. The van der Waals surface area contributed by atoms with Gasteiger partial charge in [0.1, 0.15) is 11.4 Å². The number of halogens is 3. The third kappa shape index (κ3) is 4.29. The number of H-pyrrole nitrogens is 1. The van der Waals surface area contributed by atoms with Crippen molar-refractivity contribution in [1.29, 1.82) is 0 Å². The third-order valence-corrected chi connectivity index (χ3v) is 5.30. The number of anilines is 1. The lowest BCUT2D eigenvalue weighted by atomic mass is 10.1. The van der Waals surface area contributed by atoms with Crippen molar-refractivity contribution < 1.29 is 22.8 Å². The topological polar surface area (TPSA) is 95.3 Å². The van der Waals surface area contributed by atoms with Gasteiger partial charge in [-0.3, -0.25) is 9.59 Å². The molecule has 32 heavy (non-hydrogen) atoms. The zero-order chi connectivity index (χ0) is 22.9. The first kappa shape index (κ1) is 21.4. The van der Waals surface area contributed by atoms with Crippen LogP contribution in [0.1, 0.15) is 26.7 Å². The summed E-state index contributed by atoms with van der Waals surface area (Å²) in [6.45, 7) is 1.51. The first-order chi connectivity index (χ1) is 15.2. The smallest absolute Gasteiger partial charge is 0.368 e. The van der Waals surface area contributed by atoms with Gasteiger partial charge in [0, 0.05) is 43.0 Å². The van der Waals surface area contributed by atoms with Crippen molar-refractivity contribution in [3.05, 3.63) is 71.7 Å². The molecule has 1 aromatic heterocycles. The van der Waals surface area contributed by atoms with Crippen molar-refractivity contribution in [2.24, 2.45) is 5.73 Å². The fourth-order valence-corrected chi connectivity index (χ4v) is 3.65. The molecule has 10 heteroatoms. The van der Waals surface area contributed by atoms with Crippen LogP contribution in [-0.4, -0.2) is 52.9 Å². The maximum absolute atomic E-state index is 13.3. The summed E-state index contributed by atoms with van der Waals surface area (Å²) in [4.78, 5) is 33.9. The zero-order valence-corrected chi connectivity index (χ0v) is 16.9. The number of aromatic amines is 1. The van der Waals surface area contributed by atoms with Crippen molar-refractivity contribution in [3.8, 4) is 11.3 Å². The van der Waals surface area contributed by atoms with Crippen LogP contribution in [0.15, 0.2) is 54.6 Å². The first-order valence-corrected chi connectivity index (χ1v) is 9.91. The SMILES string of the molecule is NC(=O)c1cccc(N2CCN(C(=O)c3[nH]c(C(F)(F)F)nc3-c3ccccc3)CC2)c1. The summed E-state index contributed by atoms with van der Waals surface area (Å²) in [7, 11) is 0. The summed E-state index contributed by atoms with van der Waals surface area (Å²) in [5, 5.41) is 0. The molecule has 3 aromatic rings. The van der Waals surface area contributed by atoms with Crippen molar-refractivity contribution >= 4 is 17.5 Å². The van der Waals surface area contributed by atoms with Crippen LogP contribution < -0.4 is 10.6 Å². The van der Waals surface area contributed by atoms with Gasteiger partial charge in [0.25, 0.3) is 5.91 Å². The van der Waals surface area contributed by atoms with Gasteiger partial charge in [0.2, 0.25) is 11.7 Å². The van der Waals surface area contributed by atoms with E-state index < -0.39 is 23.8 Å². The van der Waals surface area contributed by atoms with Gasteiger partial charge in [0.15, 0.2) is 0 Å². The van der Waals surface area contributed by atoms with E-state index in [-0.39, 0.29) is 11.4 Å². The summed E-state index contributed by atoms with van der Waals surface area (Å²) in [5.41, 5.74) is 6.71. The Labute approximate surface area is 181 Å². The number of imidazole rings is 1. The molecular weight excluding hydrogens is 423 g/mol. The van der Waals surface area contributed by atoms with Gasteiger partial charge >= 0.3 is 6.18 Å². The maximum Gasteiger partial charge on any atom is 0.449 e. The molecular formula is C22H20F3N5O2. The molecule has 7 nitrogen and oxygen atoms in total. The van der Waals surface area contributed by atoms with Crippen LogP contribution in [-0.2, 0) is 6.18 Å². The van der Waals surface area contributed by atoms with E-state index in [4.69, 9.17) is 5.73 Å². The van der Waals surface area contributed by atoms with Crippen molar-refractivity contribution in [2.75, 3.05) is 31.1 Å². The van der Waals surface area contributed by atoms with Gasteiger partial charge in [-0.2, -0.15) is 13.2 Å². The number of hydrogen-bond donors (Lipinski definition) is 2. The fourth-order valence-electron chi connectivity index (χ4n) is 3.65. The molecule has 0 radical (unpaired) electrons. The van der Waals surface area contributed by atoms with E-state index in [9.17, 15) is 22.8 Å². The Morgan fingerprint density at radius 1 is 0.969 bits per heavy atom. The fraction of sp³-hybridized carbons (Fsp3) is 0.227. The number of aromatic nitrogens is 2. The number of piperazine rings is 1. The second-order valence-corrected chi connectivity index (χ2v) is 7.37. The number of hydrogen-bond acceptors (Lipinski definition) is 4. The third-order valence-electron chi connectivity index (χ3n) is 5.30. The number of rotatable bonds is 4. The van der Waals surface area contributed by atoms with Crippen molar-refractivity contribution in [3.63, 3.8) is 0 Å². The van der Waals surface area contributed by atoms with E-state index in [1.807, 2.05) is 11.0 Å². The van der Waals surface area contributed by atoms with Crippen LogP contribution in [0.4, 0.5) is 18.9 Å². The minimum absolute atomic E-state index is 0.0282. The standard InChI is InChI=1S/C22H20F3N5O2/c23-22(24,25)21-27-17(14-5-2-1-3-6-14)18(28-21)20(32)30-11-9-29(10-12-30)16-8-4-7-15(13-16)19(26)31/h1-8,13H,9-12H2,(H2,26,31)(H,27,28). The highest BCUT2D eigenvalue weighted by molar-refractivity contribution is 5.98. The first-order valence-electron chi connectivity index (χ1n) is 9.91. The summed E-state index contributed by atoms with van der Waals surface area (Å²) in [6, 6.07) is 15.1. The molecule has 0 unspecified atom stereocenters. The minimum Gasteiger partial charge on any atom is -0.368 e. The highest BCUT2D eigenvalue weighted by Gasteiger charge is 2.38. The van der Waals surface area contributed by atoms with Crippen molar-refractivity contribution in [2.45, 2.75) is 6.18 Å². The maximum atomic E-state index is 13.3. The summed E-state index contributed by atoms with van der Waals surface area (Å²) >= 11 is 0. The number of nitrogens with zero attached hydrogens (tertiary/aromatic N) is 3. The van der Waals surface area contributed by atoms with E-state index in [1.54, 1.807) is 48.5 Å². The molecule has 1 saturated heterocycles. The molecule has 0 saturated carbocycles. The number of carbonyl (C=O) groups is 2. The molecule has 2 heterocycles. The number of nitrogens with one attached hydrogen (secondary N) is 1. The average molecular weight is 443 g/mol. The Kier molecular flexibility index (Phi) is 5.60. The molecule has 2 aromatic carbocycles. The Morgan fingerprint density at radius 3 is 2.28 bits per heavy atom. The van der Waals surface area contributed by atoms with Gasteiger partial charge in [-0.05, 0) is 18.2 Å². The lowest BCUT2D eigenvalue weighted by Gasteiger charge is -2.36. The van der Waals surface area contributed by atoms with Crippen LogP contribution in [0, 0.1) is 0 Å². The van der Waals surface area contributed by atoms with Crippen molar-refractivity contribution in [1.82, 2.24) is 14.9 Å². The Morgan fingerprint density at radius 2 is 1.66 bits per heavy atom. The largest absolute Gasteiger partial charge is 0.449 e. The number of alkyl halides is 3. The van der Waals surface area contributed by atoms with Crippen LogP contribution in [0.2, 0.25) is 0 Å². The molecule has 1 aliphatic heterocycles. The highest BCUT2D eigenvalue weighted by Crippen LogP contribution is 2.32. The number of nitrogens with two attached hydrogens (primary N) is 1. The molecule has 1 fully saturated rings.